The summed E-state index contributed by atoms with van der Waals surface area (Å²) in [6, 6.07) is 9.28. The number of rotatable bonds is 5. The van der Waals surface area contributed by atoms with E-state index in [9.17, 15) is 4.79 Å². The van der Waals surface area contributed by atoms with E-state index in [1.165, 1.54) is 18.6 Å². The zero-order valence-electron chi connectivity index (χ0n) is 14.0. The molecule has 3 aromatic rings. The van der Waals surface area contributed by atoms with Crippen LogP contribution >= 0.6 is 23.2 Å². The van der Waals surface area contributed by atoms with E-state index in [-0.39, 0.29) is 11.8 Å². The molecule has 1 atom stereocenters. The highest BCUT2D eigenvalue weighted by atomic mass is 35.5. The monoisotopic (exact) mass is 386 g/mol. The molecule has 7 heteroatoms. The summed E-state index contributed by atoms with van der Waals surface area (Å²) in [5, 5.41) is 3.67. The van der Waals surface area contributed by atoms with Crippen molar-refractivity contribution >= 4 is 34.8 Å². The Bertz CT molecular complexity index is 933. The molecule has 0 spiro atoms. The summed E-state index contributed by atoms with van der Waals surface area (Å²) in [6.45, 7) is 2.09. The summed E-state index contributed by atoms with van der Waals surface area (Å²) in [6.07, 6.45) is 6.88. The number of aromatic nitrogens is 3. The molecule has 2 heterocycles. The van der Waals surface area contributed by atoms with Crippen LogP contribution in [0.4, 0.5) is 5.69 Å². The van der Waals surface area contributed by atoms with E-state index < -0.39 is 0 Å². The minimum Gasteiger partial charge on any atom is -0.322 e. The van der Waals surface area contributed by atoms with E-state index in [4.69, 9.17) is 23.2 Å². The molecule has 3 rings (SSSR count). The molecule has 2 aromatic heterocycles. The van der Waals surface area contributed by atoms with Crippen molar-refractivity contribution < 1.29 is 4.79 Å². The molecule has 0 radical (unpaired) electrons. The number of carbonyl (C=O) groups excluding carboxylic acids is 1. The third kappa shape index (κ3) is 4.77. The van der Waals surface area contributed by atoms with Crippen molar-refractivity contribution in [2.45, 2.75) is 19.3 Å². The zero-order valence-corrected chi connectivity index (χ0v) is 15.5. The molecule has 5 nitrogen and oxygen atoms in total. The van der Waals surface area contributed by atoms with Crippen LogP contribution in [0.3, 0.4) is 0 Å². The Morgan fingerprint density at radius 2 is 1.92 bits per heavy atom. The molecule has 0 aliphatic carbocycles. The number of hydrogen-bond acceptors (Lipinski definition) is 4. The van der Waals surface area contributed by atoms with E-state index >= 15 is 0 Å². The van der Waals surface area contributed by atoms with Gasteiger partial charge in [-0.25, -0.2) is 4.98 Å². The summed E-state index contributed by atoms with van der Waals surface area (Å²) in [5.41, 5.74) is 3.01. The van der Waals surface area contributed by atoms with E-state index in [2.05, 4.69) is 27.2 Å². The Hall–Kier alpha value is -2.50. The lowest BCUT2D eigenvalue weighted by molar-refractivity contribution is 0.102. The SMILES string of the molecule is C[C@H](Cc1cncc(Cl)n1)c1cccc(NC(=O)c2cncc(Cl)c2)c1. The highest BCUT2D eigenvalue weighted by Crippen LogP contribution is 2.23. The van der Waals surface area contributed by atoms with E-state index in [0.29, 0.717) is 27.8 Å². The van der Waals surface area contributed by atoms with Crippen molar-refractivity contribution in [1.29, 1.82) is 0 Å². The molecule has 26 heavy (non-hydrogen) atoms. The average molecular weight is 387 g/mol. The Morgan fingerprint density at radius 3 is 2.69 bits per heavy atom. The largest absolute Gasteiger partial charge is 0.322 e. The van der Waals surface area contributed by atoms with Gasteiger partial charge in [-0.2, -0.15) is 0 Å². The van der Waals surface area contributed by atoms with Crippen LogP contribution in [0.1, 0.15) is 34.5 Å². The van der Waals surface area contributed by atoms with Gasteiger partial charge >= 0.3 is 0 Å². The molecule has 0 saturated heterocycles. The number of halogens is 2. The Kier molecular flexibility index (Phi) is 5.81. The van der Waals surface area contributed by atoms with Gasteiger partial charge in [-0.05, 0) is 36.1 Å². The fraction of sp³-hybridized carbons (Fsp3) is 0.158. The van der Waals surface area contributed by atoms with Gasteiger partial charge in [-0.3, -0.25) is 14.8 Å². The lowest BCUT2D eigenvalue weighted by Gasteiger charge is -2.13. The van der Waals surface area contributed by atoms with Crippen molar-refractivity contribution in [3.63, 3.8) is 0 Å². The molecule has 132 valence electrons. The molecule has 1 N–H and O–H groups in total. The van der Waals surface area contributed by atoms with Crippen molar-refractivity contribution in [2.24, 2.45) is 0 Å². The van der Waals surface area contributed by atoms with Crippen molar-refractivity contribution in [2.75, 3.05) is 5.32 Å². The number of hydrogen-bond donors (Lipinski definition) is 1. The highest BCUT2D eigenvalue weighted by molar-refractivity contribution is 6.30. The Labute approximate surface area is 161 Å². The van der Waals surface area contributed by atoms with Gasteiger partial charge in [-0.1, -0.05) is 42.3 Å². The second kappa shape index (κ2) is 8.25. The number of carbonyl (C=O) groups is 1. The van der Waals surface area contributed by atoms with Crippen molar-refractivity contribution in [3.05, 3.63) is 82.1 Å². The maximum atomic E-state index is 12.3. The van der Waals surface area contributed by atoms with E-state index in [0.717, 1.165) is 11.3 Å². The van der Waals surface area contributed by atoms with Crippen molar-refractivity contribution in [3.8, 4) is 0 Å². The maximum Gasteiger partial charge on any atom is 0.257 e. The summed E-state index contributed by atoms with van der Waals surface area (Å²) in [5.74, 6) is -0.0713. The average Bonchev–Trinajstić information content (AvgIpc) is 2.62. The number of nitrogens with one attached hydrogen (secondary N) is 1. The predicted molar refractivity (Wildman–Crippen MR) is 103 cm³/mol. The molecule has 1 amide bonds. The normalized spacial score (nSPS) is 11.8. The topological polar surface area (TPSA) is 67.8 Å². The standard InChI is InChI=1S/C19H16Cl2N4O/c1-12(5-17-10-23-11-18(21)24-17)13-3-2-4-16(7-13)25-19(26)14-6-15(20)9-22-8-14/h2-4,6-12H,5H2,1H3,(H,25,26)/t12-/m1/s1. The lowest BCUT2D eigenvalue weighted by atomic mass is 9.96. The third-order valence-electron chi connectivity index (χ3n) is 3.85. The second-order valence-corrected chi connectivity index (χ2v) is 6.73. The lowest BCUT2D eigenvalue weighted by Crippen LogP contribution is -2.12. The number of anilines is 1. The first-order chi connectivity index (χ1) is 12.5. The van der Waals surface area contributed by atoms with Gasteiger partial charge in [0.2, 0.25) is 0 Å². The third-order valence-corrected chi connectivity index (χ3v) is 4.24. The molecule has 0 fully saturated rings. The number of amides is 1. The molecule has 0 aliphatic heterocycles. The van der Waals surface area contributed by atoms with Gasteiger partial charge in [0.15, 0.2) is 0 Å². The van der Waals surface area contributed by atoms with Crippen LogP contribution in [-0.2, 0) is 6.42 Å². The Morgan fingerprint density at radius 1 is 1.12 bits per heavy atom. The van der Waals surface area contributed by atoms with Crippen molar-refractivity contribution in [1.82, 2.24) is 15.0 Å². The van der Waals surface area contributed by atoms with E-state index in [1.807, 2.05) is 24.3 Å². The van der Waals surface area contributed by atoms with Crippen LogP contribution < -0.4 is 5.32 Å². The van der Waals surface area contributed by atoms with Crippen LogP contribution in [0.25, 0.3) is 0 Å². The molecule has 0 saturated carbocycles. The highest BCUT2D eigenvalue weighted by Gasteiger charge is 2.11. The quantitative estimate of drug-likeness (QED) is 0.684. The van der Waals surface area contributed by atoms with Gasteiger partial charge in [0.25, 0.3) is 5.91 Å². The van der Waals surface area contributed by atoms with Gasteiger partial charge in [0.05, 0.1) is 22.5 Å². The fourth-order valence-electron chi connectivity index (χ4n) is 2.57. The molecular weight excluding hydrogens is 371 g/mol. The minimum atomic E-state index is -0.259. The van der Waals surface area contributed by atoms with Crippen LogP contribution in [0.15, 0.2) is 55.1 Å². The molecule has 0 aliphatic rings. The van der Waals surface area contributed by atoms with Gasteiger partial charge in [0, 0.05) is 24.3 Å². The predicted octanol–water partition coefficient (Wildman–Crippen LogP) is 4.78. The van der Waals surface area contributed by atoms with Gasteiger partial charge < -0.3 is 5.32 Å². The maximum absolute atomic E-state index is 12.3. The smallest absolute Gasteiger partial charge is 0.257 e. The zero-order chi connectivity index (χ0) is 18.5. The van der Waals surface area contributed by atoms with Crippen LogP contribution in [0, 0.1) is 0 Å². The van der Waals surface area contributed by atoms with Crippen LogP contribution in [0.5, 0.6) is 0 Å². The number of benzene rings is 1. The first-order valence-corrected chi connectivity index (χ1v) is 8.75. The summed E-state index contributed by atoms with van der Waals surface area (Å²) in [4.78, 5) is 24.6. The summed E-state index contributed by atoms with van der Waals surface area (Å²) >= 11 is 11.8. The number of pyridine rings is 1. The molecule has 0 unspecified atom stereocenters. The van der Waals surface area contributed by atoms with E-state index in [1.54, 1.807) is 12.3 Å². The second-order valence-electron chi connectivity index (χ2n) is 5.91. The molecule has 1 aromatic carbocycles. The summed E-state index contributed by atoms with van der Waals surface area (Å²) < 4.78 is 0. The molecular formula is C19H16Cl2N4O. The summed E-state index contributed by atoms with van der Waals surface area (Å²) in [7, 11) is 0. The first kappa shape index (κ1) is 18.3. The Balaban J connectivity index is 1.72. The van der Waals surface area contributed by atoms with Gasteiger partial charge in [-0.15, -0.1) is 0 Å². The fourth-order valence-corrected chi connectivity index (χ4v) is 2.91. The first-order valence-electron chi connectivity index (χ1n) is 7.99. The minimum absolute atomic E-state index is 0.187. The van der Waals surface area contributed by atoms with Gasteiger partial charge in [0.1, 0.15) is 5.15 Å². The molecule has 0 bridgehead atoms. The number of nitrogens with zero attached hydrogens (tertiary/aromatic N) is 3. The van der Waals surface area contributed by atoms with Crippen LogP contribution in [0.2, 0.25) is 10.2 Å². The van der Waals surface area contributed by atoms with Crippen LogP contribution in [-0.4, -0.2) is 20.9 Å².